The molecule has 0 aliphatic carbocycles. The number of piperazine rings is 1. The van der Waals surface area contributed by atoms with Gasteiger partial charge < -0.3 is 25.0 Å². The Hall–Kier alpha value is -3.79. The highest BCUT2D eigenvalue weighted by atomic mass is 19.1. The molecule has 2 bridgehead atoms. The maximum atomic E-state index is 14.1. The van der Waals surface area contributed by atoms with Gasteiger partial charge in [0.1, 0.15) is 35.9 Å². The number of hydrogen-bond donors (Lipinski definition) is 2. The van der Waals surface area contributed by atoms with Crippen LogP contribution in [0, 0.1) is 17.5 Å². The Kier molecular flexibility index (Phi) is 6.92. The van der Waals surface area contributed by atoms with E-state index < -0.39 is 41.6 Å². The van der Waals surface area contributed by atoms with E-state index in [1.807, 2.05) is 30.3 Å². The van der Waals surface area contributed by atoms with E-state index in [1.165, 1.54) is 6.20 Å². The Bertz CT molecular complexity index is 1260. The number of aliphatic hydroxyl groups excluding tert-OH is 1. The van der Waals surface area contributed by atoms with Crippen LogP contribution in [-0.2, 0) is 27.5 Å². The first-order chi connectivity index (χ1) is 17.8. The zero-order chi connectivity index (χ0) is 26.1. The van der Waals surface area contributed by atoms with Crippen molar-refractivity contribution in [3.05, 3.63) is 94.3 Å². The molecule has 1 unspecified atom stereocenters. The lowest BCUT2D eigenvalue weighted by molar-refractivity contribution is -0.133. The molecule has 2 saturated heterocycles. The van der Waals surface area contributed by atoms with Crippen LogP contribution in [-0.4, -0.2) is 52.0 Å². The molecule has 194 valence electrons. The van der Waals surface area contributed by atoms with E-state index in [0.717, 1.165) is 24.8 Å². The van der Waals surface area contributed by atoms with Crippen molar-refractivity contribution in [2.24, 2.45) is 0 Å². The van der Waals surface area contributed by atoms with Crippen molar-refractivity contribution in [3.63, 3.8) is 0 Å². The van der Waals surface area contributed by atoms with Gasteiger partial charge in [0.2, 0.25) is 0 Å². The summed E-state index contributed by atoms with van der Waals surface area (Å²) >= 11 is 0. The second kappa shape index (κ2) is 10.3. The summed E-state index contributed by atoms with van der Waals surface area (Å²) in [5.74, 6) is -4.46. The van der Waals surface area contributed by atoms with Crippen LogP contribution in [0.2, 0.25) is 0 Å². The Morgan fingerprint density at radius 1 is 1.11 bits per heavy atom. The average molecular weight is 514 g/mol. The minimum atomic E-state index is -1.58. The highest BCUT2D eigenvalue weighted by Crippen LogP contribution is 2.36. The number of amides is 2. The van der Waals surface area contributed by atoms with Crippen molar-refractivity contribution in [1.29, 1.82) is 0 Å². The van der Waals surface area contributed by atoms with E-state index in [9.17, 15) is 27.9 Å². The van der Waals surface area contributed by atoms with E-state index in [2.05, 4.69) is 5.32 Å². The van der Waals surface area contributed by atoms with Crippen molar-refractivity contribution in [1.82, 2.24) is 15.1 Å². The van der Waals surface area contributed by atoms with Crippen molar-refractivity contribution < 1.29 is 32.6 Å². The Morgan fingerprint density at radius 2 is 1.84 bits per heavy atom. The van der Waals surface area contributed by atoms with Gasteiger partial charge in [-0.1, -0.05) is 30.3 Å². The van der Waals surface area contributed by atoms with Gasteiger partial charge >= 0.3 is 0 Å². The summed E-state index contributed by atoms with van der Waals surface area (Å²) in [5.41, 5.74) is 0.358. The SMILES string of the molecule is O=C(NCc1c(F)cc(F)cc1F)C1=CN2C(=C(OCc3ccccc3)C1O)C(=O)N1CCCC[C@H]2C1. The molecule has 2 amide bonds. The van der Waals surface area contributed by atoms with Gasteiger partial charge in [0.05, 0.1) is 11.6 Å². The fraction of sp³-hybridized carbons (Fsp3) is 0.333. The lowest BCUT2D eigenvalue weighted by Crippen LogP contribution is -2.55. The second-order valence-corrected chi connectivity index (χ2v) is 9.31. The third-order valence-electron chi connectivity index (χ3n) is 6.87. The van der Waals surface area contributed by atoms with Crippen LogP contribution in [0.25, 0.3) is 0 Å². The van der Waals surface area contributed by atoms with Gasteiger partial charge in [-0.05, 0) is 24.8 Å². The molecule has 0 spiro atoms. The molecule has 2 N–H and O–H groups in total. The maximum absolute atomic E-state index is 14.1. The summed E-state index contributed by atoms with van der Waals surface area (Å²) in [5, 5.41) is 13.6. The molecule has 5 rings (SSSR count). The Morgan fingerprint density at radius 3 is 2.57 bits per heavy atom. The standard InChI is InChI=1S/C27H26F3N3O4/c28-17-10-21(29)19(22(30)11-17)12-31-26(35)20-14-33-18-8-4-5-9-32(13-18)27(36)23(33)25(24(20)34)37-15-16-6-2-1-3-7-16/h1-3,6-7,10-11,14,18,24,34H,4-5,8-9,12-13,15H2,(H,31,35)/t18-,24?/m0/s1. The number of ether oxygens (including phenoxy) is 1. The lowest BCUT2D eigenvalue weighted by atomic mass is 9.96. The van der Waals surface area contributed by atoms with Crippen molar-refractivity contribution >= 4 is 11.8 Å². The van der Waals surface area contributed by atoms with Gasteiger partial charge in [-0.2, -0.15) is 0 Å². The molecular formula is C27H26F3N3O4. The van der Waals surface area contributed by atoms with Gasteiger partial charge in [-0.3, -0.25) is 9.59 Å². The van der Waals surface area contributed by atoms with E-state index >= 15 is 0 Å². The molecule has 2 fully saturated rings. The third kappa shape index (κ3) is 4.93. The first-order valence-corrected chi connectivity index (χ1v) is 12.1. The minimum absolute atomic E-state index is 0.0442. The number of carbonyl (C=O) groups is 2. The van der Waals surface area contributed by atoms with Gasteiger partial charge in [0, 0.05) is 43.5 Å². The normalized spacial score (nSPS) is 21.3. The smallest absolute Gasteiger partial charge is 0.274 e. The van der Waals surface area contributed by atoms with Gasteiger partial charge in [0.15, 0.2) is 5.76 Å². The zero-order valence-electron chi connectivity index (χ0n) is 19.9. The summed E-state index contributed by atoms with van der Waals surface area (Å²) in [4.78, 5) is 29.9. The fourth-order valence-electron chi connectivity index (χ4n) is 4.94. The molecule has 7 nitrogen and oxygen atoms in total. The van der Waals surface area contributed by atoms with Crippen molar-refractivity contribution in [2.75, 3.05) is 13.1 Å². The van der Waals surface area contributed by atoms with Crippen molar-refractivity contribution in [3.8, 4) is 0 Å². The molecule has 3 aliphatic rings. The van der Waals surface area contributed by atoms with Crippen LogP contribution in [0.3, 0.4) is 0 Å². The number of rotatable bonds is 6. The topological polar surface area (TPSA) is 82.1 Å². The molecule has 2 atom stereocenters. The average Bonchev–Trinajstić information content (AvgIpc) is 3.10. The molecule has 10 heteroatoms. The molecule has 0 saturated carbocycles. The monoisotopic (exact) mass is 513 g/mol. The van der Waals surface area contributed by atoms with Gasteiger partial charge in [-0.25, -0.2) is 13.2 Å². The van der Waals surface area contributed by atoms with Crippen LogP contribution in [0.15, 0.2) is 65.7 Å². The molecule has 37 heavy (non-hydrogen) atoms. The predicted molar refractivity (Wildman–Crippen MR) is 127 cm³/mol. The summed E-state index contributed by atoms with van der Waals surface area (Å²) in [6.07, 6.45) is 2.35. The first kappa shape index (κ1) is 24.9. The van der Waals surface area contributed by atoms with Crippen LogP contribution in [0.1, 0.15) is 30.4 Å². The molecule has 2 aromatic carbocycles. The second-order valence-electron chi connectivity index (χ2n) is 9.31. The van der Waals surface area contributed by atoms with E-state index in [0.29, 0.717) is 25.2 Å². The summed E-state index contributed by atoms with van der Waals surface area (Å²) in [6.45, 7) is 0.569. The summed E-state index contributed by atoms with van der Waals surface area (Å²) < 4.78 is 47.4. The number of halogens is 3. The third-order valence-corrected chi connectivity index (χ3v) is 6.87. The first-order valence-electron chi connectivity index (χ1n) is 12.1. The summed E-state index contributed by atoms with van der Waals surface area (Å²) in [6, 6.07) is 10.1. The minimum Gasteiger partial charge on any atom is -0.488 e. The number of carbonyl (C=O) groups excluding carboxylic acids is 2. The fourth-order valence-corrected chi connectivity index (χ4v) is 4.94. The van der Waals surface area contributed by atoms with E-state index in [1.54, 1.807) is 9.80 Å². The largest absolute Gasteiger partial charge is 0.488 e. The van der Waals surface area contributed by atoms with E-state index in [4.69, 9.17) is 4.74 Å². The zero-order valence-corrected chi connectivity index (χ0v) is 19.9. The lowest BCUT2D eigenvalue weighted by Gasteiger charge is -2.44. The predicted octanol–water partition coefficient (Wildman–Crippen LogP) is 3.10. The van der Waals surface area contributed by atoms with Crippen LogP contribution in [0.4, 0.5) is 13.2 Å². The quantitative estimate of drug-likeness (QED) is 0.621. The molecule has 0 aromatic heterocycles. The highest BCUT2D eigenvalue weighted by Gasteiger charge is 2.44. The molecule has 3 heterocycles. The number of fused-ring (bicyclic) bond motifs is 4. The number of hydrogen-bond acceptors (Lipinski definition) is 5. The number of nitrogens with zero attached hydrogens (tertiary/aromatic N) is 2. The van der Waals surface area contributed by atoms with Crippen molar-refractivity contribution in [2.45, 2.75) is 44.6 Å². The Labute approximate surface area is 211 Å². The van der Waals surface area contributed by atoms with Gasteiger partial charge in [0.25, 0.3) is 11.8 Å². The van der Waals surface area contributed by atoms with Gasteiger partial charge in [-0.15, -0.1) is 0 Å². The number of benzene rings is 2. The molecule has 2 aromatic rings. The number of aliphatic hydroxyl groups is 1. The highest BCUT2D eigenvalue weighted by molar-refractivity contribution is 5.99. The van der Waals surface area contributed by atoms with E-state index in [-0.39, 0.29) is 35.6 Å². The Balaban J connectivity index is 1.44. The molecule has 3 aliphatic heterocycles. The molecule has 0 radical (unpaired) electrons. The van der Waals surface area contributed by atoms with Crippen LogP contribution >= 0.6 is 0 Å². The van der Waals surface area contributed by atoms with Crippen LogP contribution < -0.4 is 5.32 Å². The van der Waals surface area contributed by atoms with Crippen LogP contribution in [0.5, 0.6) is 0 Å². The molecular weight excluding hydrogens is 487 g/mol. The summed E-state index contributed by atoms with van der Waals surface area (Å²) in [7, 11) is 0. The maximum Gasteiger partial charge on any atom is 0.274 e. The number of nitrogens with one attached hydrogen (secondary N) is 1.